The first-order chi connectivity index (χ1) is 8.10. The van der Waals surface area contributed by atoms with Crippen molar-refractivity contribution in [3.63, 3.8) is 0 Å². The van der Waals surface area contributed by atoms with Gasteiger partial charge in [-0.05, 0) is 18.2 Å². The second-order valence-electron chi connectivity index (χ2n) is 3.11. The SMILES string of the molecule is COc1ccc2nc(NC(=O)C(=O)O)sc2c1. The van der Waals surface area contributed by atoms with E-state index < -0.39 is 11.9 Å². The predicted molar refractivity (Wildman–Crippen MR) is 62.4 cm³/mol. The zero-order valence-electron chi connectivity index (χ0n) is 8.76. The van der Waals surface area contributed by atoms with Crippen LogP contribution in [0.5, 0.6) is 5.75 Å². The molecule has 2 aromatic rings. The van der Waals surface area contributed by atoms with Gasteiger partial charge in [-0.1, -0.05) is 11.3 Å². The van der Waals surface area contributed by atoms with Gasteiger partial charge in [-0.15, -0.1) is 0 Å². The number of aliphatic carboxylic acids is 1. The summed E-state index contributed by atoms with van der Waals surface area (Å²) < 4.78 is 5.86. The van der Waals surface area contributed by atoms with Crippen LogP contribution in [-0.4, -0.2) is 29.1 Å². The first-order valence-electron chi connectivity index (χ1n) is 4.59. The second-order valence-corrected chi connectivity index (χ2v) is 4.14. The Morgan fingerprint density at radius 3 is 2.88 bits per heavy atom. The van der Waals surface area contributed by atoms with Gasteiger partial charge in [0.2, 0.25) is 0 Å². The van der Waals surface area contributed by atoms with Crippen LogP contribution < -0.4 is 10.1 Å². The maximum absolute atomic E-state index is 10.9. The molecule has 0 saturated heterocycles. The van der Waals surface area contributed by atoms with Crippen LogP contribution in [0.15, 0.2) is 18.2 Å². The molecule has 0 bridgehead atoms. The average Bonchev–Trinajstić information content (AvgIpc) is 2.69. The second kappa shape index (κ2) is 4.38. The number of carbonyl (C=O) groups excluding carboxylic acids is 1. The predicted octanol–water partition coefficient (Wildman–Crippen LogP) is 1.33. The Labute approximate surface area is 99.8 Å². The minimum atomic E-state index is -1.54. The smallest absolute Gasteiger partial charge is 0.394 e. The highest BCUT2D eigenvalue weighted by atomic mass is 32.1. The van der Waals surface area contributed by atoms with Gasteiger partial charge in [0.25, 0.3) is 0 Å². The number of carboxylic acid groups (broad SMARTS) is 1. The van der Waals surface area contributed by atoms with E-state index in [4.69, 9.17) is 9.84 Å². The number of nitrogens with one attached hydrogen (secondary N) is 1. The van der Waals surface area contributed by atoms with E-state index in [0.717, 1.165) is 4.70 Å². The third-order valence-electron chi connectivity index (χ3n) is 2.01. The molecule has 0 aliphatic rings. The normalized spacial score (nSPS) is 10.2. The van der Waals surface area contributed by atoms with Crippen molar-refractivity contribution in [2.45, 2.75) is 0 Å². The number of aromatic nitrogens is 1. The molecule has 0 radical (unpaired) electrons. The van der Waals surface area contributed by atoms with Crippen LogP contribution in [0.2, 0.25) is 0 Å². The molecule has 0 aliphatic heterocycles. The van der Waals surface area contributed by atoms with Gasteiger partial charge in [0, 0.05) is 0 Å². The van der Waals surface area contributed by atoms with Crippen LogP contribution in [0.1, 0.15) is 0 Å². The fourth-order valence-electron chi connectivity index (χ4n) is 1.24. The summed E-state index contributed by atoms with van der Waals surface area (Å²) in [5.74, 6) is -1.96. The standard InChI is InChI=1S/C10H8N2O4S/c1-16-5-2-3-6-7(4-5)17-10(11-6)12-8(13)9(14)15/h2-4H,1H3,(H,14,15)(H,11,12,13). The van der Waals surface area contributed by atoms with E-state index in [1.165, 1.54) is 11.3 Å². The molecule has 0 unspecified atom stereocenters. The summed E-state index contributed by atoms with van der Waals surface area (Å²) in [5, 5.41) is 10.9. The minimum absolute atomic E-state index is 0.251. The monoisotopic (exact) mass is 252 g/mol. The molecule has 0 atom stereocenters. The van der Waals surface area contributed by atoms with E-state index in [1.54, 1.807) is 25.3 Å². The summed E-state index contributed by atoms with van der Waals surface area (Å²) in [6.07, 6.45) is 0. The zero-order valence-corrected chi connectivity index (χ0v) is 9.58. The van der Waals surface area contributed by atoms with E-state index in [0.29, 0.717) is 11.3 Å². The van der Waals surface area contributed by atoms with E-state index >= 15 is 0 Å². The molecule has 0 aliphatic carbocycles. The number of amides is 1. The summed E-state index contributed by atoms with van der Waals surface area (Å²) in [7, 11) is 1.55. The third-order valence-corrected chi connectivity index (χ3v) is 2.94. The number of hydrogen-bond acceptors (Lipinski definition) is 5. The number of ether oxygens (including phenoxy) is 1. The molecule has 7 heteroatoms. The topological polar surface area (TPSA) is 88.5 Å². The van der Waals surface area contributed by atoms with E-state index in [9.17, 15) is 9.59 Å². The molecule has 2 N–H and O–H groups in total. The summed E-state index contributed by atoms with van der Waals surface area (Å²) in [5.41, 5.74) is 0.677. The number of thiazole rings is 1. The van der Waals surface area contributed by atoms with Gasteiger partial charge in [-0.25, -0.2) is 9.78 Å². The van der Waals surface area contributed by atoms with Crippen LogP contribution in [0.3, 0.4) is 0 Å². The maximum Gasteiger partial charge on any atom is 0.394 e. The fourth-order valence-corrected chi connectivity index (χ4v) is 2.13. The third kappa shape index (κ3) is 2.34. The van der Waals surface area contributed by atoms with Crippen molar-refractivity contribution in [2.75, 3.05) is 12.4 Å². The number of anilines is 1. The summed E-state index contributed by atoms with van der Waals surface area (Å²) in [6.45, 7) is 0. The summed E-state index contributed by atoms with van der Waals surface area (Å²) in [6, 6.07) is 5.25. The number of fused-ring (bicyclic) bond motifs is 1. The van der Waals surface area contributed by atoms with Gasteiger partial charge in [0.15, 0.2) is 5.13 Å². The van der Waals surface area contributed by atoms with Crippen molar-refractivity contribution in [2.24, 2.45) is 0 Å². The molecular weight excluding hydrogens is 244 g/mol. The Kier molecular flexibility index (Phi) is 2.92. The van der Waals surface area contributed by atoms with Crippen LogP contribution in [0.4, 0.5) is 5.13 Å². The Hall–Kier alpha value is -2.15. The highest BCUT2D eigenvalue weighted by Gasteiger charge is 2.14. The molecule has 6 nitrogen and oxygen atoms in total. The lowest BCUT2D eigenvalue weighted by atomic mass is 10.3. The van der Waals surface area contributed by atoms with Crippen molar-refractivity contribution < 1.29 is 19.4 Å². The number of benzene rings is 1. The van der Waals surface area contributed by atoms with Crippen LogP contribution in [-0.2, 0) is 9.59 Å². The van der Waals surface area contributed by atoms with Crippen molar-refractivity contribution in [3.05, 3.63) is 18.2 Å². The number of carbonyl (C=O) groups is 2. The Balaban J connectivity index is 2.31. The molecule has 2 rings (SSSR count). The molecule has 0 saturated carbocycles. The lowest BCUT2D eigenvalue weighted by Gasteiger charge is -1.96. The first-order valence-corrected chi connectivity index (χ1v) is 5.40. The van der Waals surface area contributed by atoms with E-state index in [-0.39, 0.29) is 5.13 Å². The summed E-state index contributed by atoms with van der Waals surface area (Å²) >= 11 is 1.19. The van der Waals surface area contributed by atoms with Crippen molar-refractivity contribution in [3.8, 4) is 5.75 Å². The van der Waals surface area contributed by atoms with Gasteiger partial charge in [0.1, 0.15) is 5.75 Å². The molecule has 88 valence electrons. The van der Waals surface area contributed by atoms with Crippen molar-refractivity contribution in [1.29, 1.82) is 0 Å². The summed E-state index contributed by atoms with van der Waals surface area (Å²) in [4.78, 5) is 25.4. The zero-order chi connectivity index (χ0) is 12.4. The van der Waals surface area contributed by atoms with Crippen LogP contribution in [0.25, 0.3) is 10.2 Å². The molecule has 0 fully saturated rings. The van der Waals surface area contributed by atoms with Gasteiger partial charge in [-0.2, -0.15) is 0 Å². The van der Waals surface area contributed by atoms with Gasteiger partial charge < -0.3 is 9.84 Å². The van der Waals surface area contributed by atoms with Crippen molar-refractivity contribution >= 4 is 38.6 Å². The van der Waals surface area contributed by atoms with Gasteiger partial charge >= 0.3 is 11.9 Å². The minimum Gasteiger partial charge on any atom is -0.497 e. The molecule has 1 heterocycles. The van der Waals surface area contributed by atoms with Crippen LogP contribution >= 0.6 is 11.3 Å². The van der Waals surface area contributed by atoms with Gasteiger partial charge in [-0.3, -0.25) is 10.1 Å². The average molecular weight is 252 g/mol. The van der Waals surface area contributed by atoms with Crippen molar-refractivity contribution in [1.82, 2.24) is 4.98 Å². The number of hydrogen-bond donors (Lipinski definition) is 2. The molecule has 1 aromatic carbocycles. The lowest BCUT2D eigenvalue weighted by Crippen LogP contribution is -2.21. The highest BCUT2D eigenvalue weighted by Crippen LogP contribution is 2.28. The lowest BCUT2D eigenvalue weighted by molar-refractivity contribution is -0.147. The Morgan fingerprint density at radius 1 is 1.47 bits per heavy atom. The van der Waals surface area contributed by atoms with E-state index in [1.807, 2.05) is 0 Å². The van der Waals surface area contributed by atoms with Gasteiger partial charge in [0.05, 0.1) is 17.3 Å². The fraction of sp³-hybridized carbons (Fsp3) is 0.100. The molecule has 17 heavy (non-hydrogen) atoms. The Morgan fingerprint density at radius 2 is 2.24 bits per heavy atom. The molecule has 0 spiro atoms. The number of rotatable bonds is 2. The maximum atomic E-state index is 10.9. The quantitative estimate of drug-likeness (QED) is 0.787. The first kappa shape index (κ1) is 11.3. The van der Waals surface area contributed by atoms with E-state index in [2.05, 4.69) is 10.3 Å². The number of carboxylic acids is 1. The van der Waals surface area contributed by atoms with Crippen LogP contribution in [0, 0.1) is 0 Å². The highest BCUT2D eigenvalue weighted by molar-refractivity contribution is 7.22. The number of methoxy groups -OCH3 is 1. The Bertz CT molecular complexity index is 593. The largest absolute Gasteiger partial charge is 0.497 e. The number of nitrogens with zero attached hydrogens (tertiary/aromatic N) is 1. The molecule has 1 aromatic heterocycles. The molecule has 1 amide bonds. The molecular formula is C10H8N2O4S.